The second kappa shape index (κ2) is 10.4. The molecule has 12 heteroatoms. The SMILES string of the molecule is Cc1cc(Cn2cnc3cc(C(=O)NC4CCCC4C(=O)NOC(=O)C(F)(F)F)ccc32)c2ccccc2n1. The molecule has 1 aliphatic carbocycles. The fourth-order valence-electron chi connectivity index (χ4n) is 4.97. The Morgan fingerprint density at radius 2 is 1.87 bits per heavy atom. The monoisotopic (exact) mass is 539 g/mol. The standard InChI is InChI=1S/C27H24F3N5O4/c1-15-11-17(18-5-2-3-7-20(18)32-15)13-35-14-31-22-12-16(9-10-23(22)35)24(36)33-21-8-4-6-19(21)25(37)34-39-26(38)27(28,29)30/h2-3,5,7,9-12,14,19,21H,4,6,8,13H2,1H3,(H,33,36)(H,34,37). The van der Waals surface area contributed by atoms with E-state index >= 15 is 0 Å². The summed E-state index contributed by atoms with van der Waals surface area (Å²) in [6, 6.07) is 14.4. The average molecular weight is 540 g/mol. The van der Waals surface area contributed by atoms with Crippen LogP contribution in [0.1, 0.15) is 40.9 Å². The van der Waals surface area contributed by atoms with Gasteiger partial charge in [-0.3, -0.25) is 14.6 Å². The highest BCUT2D eigenvalue weighted by molar-refractivity contribution is 5.98. The van der Waals surface area contributed by atoms with Crippen LogP contribution in [0.15, 0.2) is 54.9 Å². The van der Waals surface area contributed by atoms with Gasteiger partial charge in [0.1, 0.15) is 0 Å². The van der Waals surface area contributed by atoms with Crippen LogP contribution in [0.5, 0.6) is 0 Å². The lowest BCUT2D eigenvalue weighted by molar-refractivity contribution is -0.208. The lowest BCUT2D eigenvalue weighted by Crippen LogP contribution is -2.45. The fraction of sp³-hybridized carbons (Fsp3) is 0.296. The van der Waals surface area contributed by atoms with Crippen molar-refractivity contribution in [2.45, 2.75) is 44.9 Å². The van der Waals surface area contributed by atoms with Crippen molar-refractivity contribution < 1.29 is 32.4 Å². The predicted octanol–water partition coefficient (Wildman–Crippen LogP) is 3.98. The van der Waals surface area contributed by atoms with Gasteiger partial charge in [0.2, 0.25) is 0 Å². The molecule has 0 radical (unpaired) electrons. The molecule has 0 bridgehead atoms. The Kier molecular flexibility index (Phi) is 6.94. The number of hydroxylamine groups is 1. The van der Waals surface area contributed by atoms with Crippen molar-refractivity contribution in [1.29, 1.82) is 0 Å². The van der Waals surface area contributed by atoms with Crippen molar-refractivity contribution in [2.75, 3.05) is 0 Å². The van der Waals surface area contributed by atoms with E-state index in [1.165, 1.54) is 0 Å². The zero-order chi connectivity index (χ0) is 27.7. The quantitative estimate of drug-likeness (QED) is 0.371. The van der Waals surface area contributed by atoms with Crippen LogP contribution in [0.4, 0.5) is 13.2 Å². The van der Waals surface area contributed by atoms with Crippen LogP contribution in [-0.2, 0) is 21.0 Å². The highest BCUT2D eigenvalue weighted by atomic mass is 19.4. The normalized spacial score (nSPS) is 17.3. The topological polar surface area (TPSA) is 115 Å². The number of hydrogen-bond donors (Lipinski definition) is 2. The molecule has 39 heavy (non-hydrogen) atoms. The third kappa shape index (κ3) is 5.54. The van der Waals surface area contributed by atoms with Gasteiger partial charge in [0, 0.05) is 29.2 Å². The van der Waals surface area contributed by atoms with E-state index in [0.29, 0.717) is 36.9 Å². The highest BCUT2D eigenvalue weighted by Crippen LogP contribution is 2.27. The number of carbonyl (C=O) groups is 3. The van der Waals surface area contributed by atoms with Gasteiger partial charge in [0.05, 0.1) is 28.8 Å². The van der Waals surface area contributed by atoms with Crippen molar-refractivity contribution in [3.8, 4) is 0 Å². The van der Waals surface area contributed by atoms with Crippen molar-refractivity contribution in [1.82, 2.24) is 25.3 Å². The minimum atomic E-state index is -5.23. The van der Waals surface area contributed by atoms with E-state index in [1.54, 1.807) is 30.0 Å². The van der Waals surface area contributed by atoms with Gasteiger partial charge in [0.15, 0.2) is 0 Å². The van der Waals surface area contributed by atoms with Gasteiger partial charge in [-0.15, -0.1) is 0 Å². The molecule has 2 aromatic carbocycles. The van der Waals surface area contributed by atoms with E-state index in [1.807, 2.05) is 41.8 Å². The molecular weight excluding hydrogens is 515 g/mol. The van der Waals surface area contributed by atoms with Crippen LogP contribution in [0.2, 0.25) is 0 Å². The summed E-state index contributed by atoms with van der Waals surface area (Å²) >= 11 is 0. The Morgan fingerprint density at radius 3 is 2.67 bits per heavy atom. The summed E-state index contributed by atoms with van der Waals surface area (Å²) in [5.74, 6) is -4.70. The molecule has 2 heterocycles. The maximum atomic E-state index is 13.0. The van der Waals surface area contributed by atoms with Crippen molar-refractivity contribution in [3.05, 3.63) is 71.7 Å². The Hall–Kier alpha value is -4.48. The molecule has 0 aliphatic heterocycles. The molecule has 1 fully saturated rings. The number of carbonyl (C=O) groups excluding carboxylic acids is 3. The minimum absolute atomic E-state index is 0.326. The molecule has 2 amide bonds. The van der Waals surface area contributed by atoms with E-state index in [0.717, 1.165) is 27.7 Å². The molecule has 4 aromatic rings. The van der Waals surface area contributed by atoms with Crippen molar-refractivity contribution >= 4 is 39.7 Å². The highest BCUT2D eigenvalue weighted by Gasteiger charge is 2.43. The Morgan fingerprint density at radius 1 is 1.08 bits per heavy atom. The number of para-hydroxylation sites is 1. The third-order valence-corrected chi connectivity index (χ3v) is 6.80. The predicted molar refractivity (Wildman–Crippen MR) is 134 cm³/mol. The number of pyridine rings is 1. The summed E-state index contributed by atoms with van der Waals surface area (Å²) in [5.41, 5.74) is 6.23. The summed E-state index contributed by atoms with van der Waals surface area (Å²) in [6.45, 7) is 2.50. The number of aryl methyl sites for hydroxylation is 1. The van der Waals surface area contributed by atoms with E-state index in [4.69, 9.17) is 0 Å². The molecule has 9 nitrogen and oxygen atoms in total. The van der Waals surface area contributed by atoms with Gasteiger partial charge in [-0.05, 0) is 55.7 Å². The molecule has 202 valence electrons. The summed E-state index contributed by atoms with van der Waals surface area (Å²) in [7, 11) is 0. The number of amides is 2. The number of fused-ring (bicyclic) bond motifs is 2. The van der Waals surface area contributed by atoms with Crippen molar-refractivity contribution in [3.63, 3.8) is 0 Å². The van der Waals surface area contributed by atoms with Gasteiger partial charge >= 0.3 is 12.1 Å². The number of aromatic nitrogens is 3. The van der Waals surface area contributed by atoms with Crippen LogP contribution in [0.25, 0.3) is 21.9 Å². The number of rotatable bonds is 5. The summed E-state index contributed by atoms with van der Waals surface area (Å²) in [6.07, 6.45) is -2.17. The van der Waals surface area contributed by atoms with Gasteiger partial charge < -0.3 is 14.7 Å². The molecule has 2 atom stereocenters. The lowest BCUT2D eigenvalue weighted by atomic mass is 10.0. The van der Waals surface area contributed by atoms with E-state index < -0.39 is 35.9 Å². The van der Waals surface area contributed by atoms with E-state index in [2.05, 4.69) is 20.1 Å². The van der Waals surface area contributed by atoms with Crippen LogP contribution in [-0.4, -0.2) is 44.5 Å². The lowest BCUT2D eigenvalue weighted by Gasteiger charge is -2.20. The second-order valence-corrected chi connectivity index (χ2v) is 9.49. The maximum Gasteiger partial charge on any atom is 0.493 e. The Bertz CT molecular complexity index is 1580. The first-order chi connectivity index (χ1) is 18.6. The van der Waals surface area contributed by atoms with Gasteiger partial charge in [-0.2, -0.15) is 18.7 Å². The number of halogens is 3. The third-order valence-electron chi connectivity index (χ3n) is 6.80. The first kappa shape index (κ1) is 26.1. The molecule has 1 saturated carbocycles. The minimum Gasteiger partial charge on any atom is -0.349 e. The first-order valence-corrected chi connectivity index (χ1v) is 12.3. The summed E-state index contributed by atoms with van der Waals surface area (Å²) in [5, 5.41) is 3.82. The molecule has 0 spiro atoms. The van der Waals surface area contributed by atoms with E-state index in [9.17, 15) is 27.6 Å². The Balaban J connectivity index is 1.28. The molecule has 0 saturated heterocycles. The van der Waals surface area contributed by atoms with Crippen LogP contribution >= 0.6 is 0 Å². The van der Waals surface area contributed by atoms with Crippen LogP contribution in [0, 0.1) is 12.8 Å². The van der Waals surface area contributed by atoms with Gasteiger partial charge in [-0.1, -0.05) is 24.6 Å². The summed E-state index contributed by atoms with van der Waals surface area (Å²) < 4.78 is 38.9. The molecule has 5 rings (SSSR count). The fourth-order valence-corrected chi connectivity index (χ4v) is 4.97. The number of alkyl halides is 3. The maximum absolute atomic E-state index is 13.0. The smallest absolute Gasteiger partial charge is 0.349 e. The van der Waals surface area contributed by atoms with Crippen LogP contribution in [0.3, 0.4) is 0 Å². The zero-order valence-electron chi connectivity index (χ0n) is 20.8. The van der Waals surface area contributed by atoms with E-state index in [-0.39, 0.29) is 0 Å². The number of hydrogen-bond acceptors (Lipinski definition) is 6. The zero-order valence-corrected chi connectivity index (χ0v) is 20.8. The average Bonchev–Trinajstić information content (AvgIpc) is 3.53. The van der Waals surface area contributed by atoms with Gasteiger partial charge in [-0.25, -0.2) is 9.78 Å². The van der Waals surface area contributed by atoms with Gasteiger partial charge in [0.25, 0.3) is 11.8 Å². The number of nitrogens with one attached hydrogen (secondary N) is 2. The molecule has 1 aliphatic rings. The molecule has 2 aromatic heterocycles. The summed E-state index contributed by atoms with van der Waals surface area (Å²) in [4.78, 5) is 49.0. The van der Waals surface area contributed by atoms with Crippen LogP contribution < -0.4 is 10.8 Å². The molecule has 2 unspecified atom stereocenters. The Labute approximate surface area is 220 Å². The number of imidazole rings is 1. The molecule has 2 N–H and O–H groups in total. The van der Waals surface area contributed by atoms with Crippen molar-refractivity contribution in [2.24, 2.45) is 5.92 Å². The first-order valence-electron chi connectivity index (χ1n) is 12.3. The number of nitrogens with zero attached hydrogens (tertiary/aromatic N) is 3. The molecular formula is C27H24F3N5O4. The number of benzene rings is 2. The largest absolute Gasteiger partial charge is 0.493 e. The second-order valence-electron chi connectivity index (χ2n) is 9.49.